The Balaban J connectivity index is 3.72. The second-order valence-corrected chi connectivity index (χ2v) is 5.28. The van der Waals surface area contributed by atoms with Gasteiger partial charge in [0.25, 0.3) is 0 Å². The summed E-state index contributed by atoms with van der Waals surface area (Å²) < 4.78 is 5.37. The van der Waals surface area contributed by atoms with Gasteiger partial charge in [0, 0.05) is 19.8 Å². The Kier molecular flexibility index (Phi) is 8.95. The number of carbonyl (C=O) groups is 2. The van der Waals surface area contributed by atoms with Gasteiger partial charge < -0.3 is 20.5 Å². The number of carboxylic acid groups (broad SMARTS) is 1. The zero-order valence-electron chi connectivity index (χ0n) is 12.2. The molecule has 0 bridgehead atoms. The standard InChI is InChI=1S/C13H26N2O4/c1-9(2)8-19-7-5-6-14-13(18)15-11(10(3)4)12(16)17/h9-11H,5-8H2,1-4H3,(H,16,17)(H2,14,15,18)/t11-/m0/s1. The zero-order chi connectivity index (χ0) is 14.8. The maximum Gasteiger partial charge on any atom is 0.326 e. The molecule has 0 unspecified atom stereocenters. The first-order valence-electron chi connectivity index (χ1n) is 6.69. The summed E-state index contributed by atoms with van der Waals surface area (Å²) in [5.41, 5.74) is 0. The van der Waals surface area contributed by atoms with Crippen LogP contribution in [0.5, 0.6) is 0 Å². The second-order valence-electron chi connectivity index (χ2n) is 5.28. The van der Waals surface area contributed by atoms with Gasteiger partial charge in [-0.15, -0.1) is 0 Å². The van der Waals surface area contributed by atoms with Crippen molar-refractivity contribution in [3.8, 4) is 0 Å². The van der Waals surface area contributed by atoms with E-state index in [4.69, 9.17) is 9.84 Å². The van der Waals surface area contributed by atoms with E-state index in [1.807, 2.05) is 0 Å². The fourth-order valence-electron chi connectivity index (χ4n) is 1.40. The van der Waals surface area contributed by atoms with Gasteiger partial charge in [-0.3, -0.25) is 0 Å². The van der Waals surface area contributed by atoms with E-state index in [0.29, 0.717) is 32.1 Å². The van der Waals surface area contributed by atoms with Crippen LogP contribution in [0.2, 0.25) is 0 Å². The lowest BCUT2D eigenvalue weighted by molar-refractivity contribution is -0.140. The van der Waals surface area contributed by atoms with Crippen molar-refractivity contribution in [2.45, 2.75) is 40.2 Å². The number of rotatable bonds is 9. The van der Waals surface area contributed by atoms with Gasteiger partial charge in [0.1, 0.15) is 6.04 Å². The Morgan fingerprint density at radius 2 is 1.84 bits per heavy atom. The highest BCUT2D eigenvalue weighted by molar-refractivity contribution is 5.82. The highest BCUT2D eigenvalue weighted by atomic mass is 16.5. The predicted molar refractivity (Wildman–Crippen MR) is 73.1 cm³/mol. The Hall–Kier alpha value is -1.30. The highest BCUT2D eigenvalue weighted by Gasteiger charge is 2.22. The number of amides is 2. The molecule has 0 radical (unpaired) electrons. The minimum atomic E-state index is -1.02. The fourth-order valence-corrected chi connectivity index (χ4v) is 1.40. The minimum absolute atomic E-state index is 0.155. The van der Waals surface area contributed by atoms with Crippen molar-refractivity contribution in [1.82, 2.24) is 10.6 Å². The molecule has 1 atom stereocenters. The van der Waals surface area contributed by atoms with Crippen molar-refractivity contribution < 1.29 is 19.4 Å². The van der Waals surface area contributed by atoms with E-state index in [-0.39, 0.29) is 5.92 Å². The molecule has 0 aliphatic carbocycles. The number of hydrogen-bond donors (Lipinski definition) is 3. The molecule has 0 saturated heterocycles. The van der Waals surface area contributed by atoms with E-state index in [1.54, 1.807) is 13.8 Å². The summed E-state index contributed by atoms with van der Waals surface area (Å²) in [7, 11) is 0. The summed E-state index contributed by atoms with van der Waals surface area (Å²) in [5, 5.41) is 14.0. The van der Waals surface area contributed by atoms with Crippen LogP contribution in [-0.2, 0) is 9.53 Å². The van der Waals surface area contributed by atoms with Crippen molar-refractivity contribution in [2.24, 2.45) is 11.8 Å². The maximum atomic E-state index is 11.5. The van der Waals surface area contributed by atoms with Crippen LogP contribution in [0.1, 0.15) is 34.1 Å². The zero-order valence-corrected chi connectivity index (χ0v) is 12.2. The average Bonchev–Trinajstić information content (AvgIpc) is 2.29. The smallest absolute Gasteiger partial charge is 0.326 e. The van der Waals surface area contributed by atoms with Crippen molar-refractivity contribution in [1.29, 1.82) is 0 Å². The van der Waals surface area contributed by atoms with Crippen LogP contribution in [0.25, 0.3) is 0 Å². The molecule has 6 nitrogen and oxygen atoms in total. The summed E-state index contributed by atoms with van der Waals surface area (Å²) >= 11 is 0. The molecule has 0 aromatic rings. The molecule has 0 saturated carbocycles. The topological polar surface area (TPSA) is 87.7 Å². The molecule has 0 aliphatic heterocycles. The summed E-state index contributed by atoms with van der Waals surface area (Å²) in [6.07, 6.45) is 0.708. The second kappa shape index (κ2) is 9.61. The number of aliphatic carboxylic acids is 1. The molecular formula is C13H26N2O4. The van der Waals surface area contributed by atoms with Crippen molar-refractivity contribution in [2.75, 3.05) is 19.8 Å². The molecule has 0 spiro atoms. The van der Waals surface area contributed by atoms with E-state index in [2.05, 4.69) is 24.5 Å². The summed E-state index contributed by atoms with van der Waals surface area (Å²) in [5.74, 6) is -0.679. The Bertz CT molecular complexity index is 280. The van der Waals surface area contributed by atoms with Crippen LogP contribution < -0.4 is 10.6 Å². The lowest BCUT2D eigenvalue weighted by Gasteiger charge is -2.18. The number of nitrogens with one attached hydrogen (secondary N) is 2. The van der Waals surface area contributed by atoms with Crippen molar-refractivity contribution in [3.63, 3.8) is 0 Å². The summed E-state index contributed by atoms with van der Waals surface area (Å²) in [4.78, 5) is 22.4. The van der Waals surface area contributed by atoms with E-state index >= 15 is 0 Å². The monoisotopic (exact) mass is 274 g/mol. The molecular weight excluding hydrogens is 248 g/mol. The quantitative estimate of drug-likeness (QED) is 0.555. The lowest BCUT2D eigenvalue weighted by Crippen LogP contribution is -2.48. The first-order valence-corrected chi connectivity index (χ1v) is 6.69. The number of ether oxygens (including phenoxy) is 1. The van der Waals surface area contributed by atoms with Gasteiger partial charge in [-0.2, -0.15) is 0 Å². The minimum Gasteiger partial charge on any atom is -0.480 e. The van der Waals surface area contributed by atoms with Crippen LogP contribution in [0, 0.1) is 11.8 Å². The van der Waals surface area contributed by atoms with Crippen LogP contribution in [0.4, 0.5) is 4.79 Å². The molecule has 6 heteroatoms. The van der Waals surface area contributed by atoms with Gasteiger partial charge in [0.2, 0.25) is 0 Å². The lowest BCUT2D eigenvalue weighted by atomic mass is 10.1. The molecule has 3 N–H and O–H groups in total. The van der Waals surface area contributed by atoms with Gasteiger partial charge in [-0.25, -0.2) is 9.59 Å². The van der Waals surface area contributed by atoms with Gasteiger partial charge in [0.15, 0.2) is 0 Å². The summed E-state index contributed by atoms with van der Waals surface area (Å²) in [6.45, 7) is 9.41. The third-order valence-corrected chi connectivity index (χ3v) is 2.42. The number of carbonyl (C=O) groups excluding carboxylic acids is 1. The predicted octanol–water partition coefficient (Wildman–Crippen LogP) is 1.46. The molecule has 112 valence electrons. The molecule has 0 aliphatic rings. The van der Waals surface area contributed by atoms with Gasteiger partial charge in [-0.05, 0) is 18.3 Å². The van der Waals surface area contributed by atoms with E-state index < -0.39 is 18.0 Å². The molecule has 0 fully saturated rings. The van der Waals surface area contributed by atoms with Gasteiger partial charge >= 0.3 is 12.0 Å². The van der Waals surface area contributed by atoms with Gasteiger partial charge in [0.05, 0.1) is 0 Å². The Morgan fingerprint density at radius 3 is 2.32 bits per heavy atom. The van der Waals surface area contributed by atoms with Crippen molar-refractivity contribution >= 4 is 12.0 Å². The van der Waals surface area contributed by atoms with E-state index in [1.165, 1.54) is 0 Å². The van der Waals surface area contributed by atoms with Crippen LogP contribution in [0.3, 0.4) is 0 Å². The third-order valence-electron chi connectivity index (χ3n) is 2.42. The number of hydrogen-bond acceptors (Lipinski definition) is 3. The SMILES string of the molecule is CC(C)COCCCNC(=O)N[C@H](C(=O)O)C(C)C. The maximum absolute atomic E-state index is 11.5. The average molecular weight is 274 g/mol. The van der Waals surface area contributed by atoms with Crippen LogP contribution in [-0.4, -0.2) is 42.9 Å². The molecule has 19 heavy (non-hydrogen) atoms. The number of urea groups is 1. The first kappa shape index (κ1) is 17.7. The first-order chi connectivity index (χ1) is 8.84. The van der Waals surface area contributed by atoms with Crippen LogP contribution in [0.15, 0.2) is 0 Å². The van der Waals surface area contributed by atoms with Crippen molar-refractivity contribution in [3.05, 3.63) is 0 Å². The normalized spacial score (nSPS) is 12.5. The van der Waals surface area contributed by atoms with Gasteiger partial charge in [-0.1, -0.05) is 27.7 Å². The Morgan fingerprint density at radius 1 is 1.21 bits per heavy atom. The molecule has 0 heterocycles. The Labute approximate surface area is 114 Å². The third kappa shape index (κ3) is 9.30. The molecule has 0 aromatic carbocycles. The van der Waals surface area contributed by atoms with Crippen LogP contribution >= 0.6 is 0 Å². The number of carboxylic acids is 1. The molecule has 0 rings (SSSR count). The molecule has 2 amide bonds. The highest BCUT2D eigenvalue weighted by Crippen LogP contribution is 2.01. The largest absolute Gasteiger partial charge is 0.480 e. The van der Waals surface area contributed by atoms with E-state index in [9.17, 15) is 9.59 Å². The molecule has 0 aromatic heterocycles. The van der Waals surface area contributed by atoms with E-state index in [0.717, 1.165) is 0 Å². The fraction of sp³-hybridized carbons (Fsp3) is 0.846. The summed E-state index contributed by atoms with van der Waals surface area (Å²) in [6, 6.07) is -1.32.